The minimum atomic E-state index is 0.518. The largest absolute Gasteiger partial charge is 0.398 e. The van der Waals surface area contributed by atoms with Crippen molar-refractivity contribution in [2.75, 3.05) is 12.0 Å². The number of nitrogens with two attached hydrogens (primary N) is 1. The first kappa shape index (κ1) is 11.5. The van der Waals surface area contributed by atoms with Gasteiger partial charge in [-0.05, 0) is 40.4 Å². The van der Waals surface area contributed by atoms with E-state index < -0.39 is 0 Å². The predicted octanol–water partition coefficient (Wildman–Crippen LogP) is 2.94. The van der Waals surface area contributed by atoms with Crippen LogP contribution >= 0.6 is 27.7 Å². The zero-order valence-corrected chi connectivity index (χ0v) is 11.0. The molecule has 0 amide bonds. The first-order valence-corrected chi connectivity index (χ1v) is 6.76. The molecule has 0 unspecified atom stereocenters. The number of hydrogen-bond donors (Lipinski definition) is 1. The quantitative estimate of drug-likeness (QED) is 0.883. The fraction of sp³-hybridized carbons (Fsp3) is 0.200. The summed E-state index contributed by atoms with van der Waals surface area (Å²) in [6.07, 6.45) is 2.00. The topological polar surface area (TPSA) is 64.9 Å². The van der Waals surface area contributed by atoms with E-state index in [1.165, 1.54) is 0 Å². The van der Waals surface area contributed by atoms with Gasteiger partial charge in [0.05, 0.1) is 5.75 Å². The minimum Gasteiger partial charge on any atom is -0.398 e. The molecule has 0 aliphatic heterocycles. The maximum Gasteiger partial charge on any atom is 0.257 e. The number of anilines is 1. The molecule has 0 saturated carbocycles. The average Bonchev–Trinajstić information content (AvgIpc) is 2.71. The molecule has 0 fully saturated rings. The Morgan fingerprint density at radius 3 is 3.00 bits per heavy atom. The molecular formula is C10H10BrN3OS. The molecule has 0 saturated heterocycles. The maximum atomic E-state index is 5.70. The number of halogens is 1. The summed E-state index contributed by atoms with van der Waals surface area (Å²) in [5.74, 6) is 1.97. The fourth-order valence-electron chi connectivity index (χ4n) is 1.22. The lowest BCUT2D eigenvalue weighted by atomic mass is 10.2. The summed E-state index contributed by atoms with van der Waals surface area (Å²) >= 11 is 5.02. The van der Waals surface area contributed by atoms with Gasteiger partial charge in [-0.3, -0.25) is 0 Å². The Kier molecular flexibility index (Phi) is 3.50. The first-order valence-electron chi connectivity index (χ1n) is 4.57. The molecule has 4 nitrogen and oxygen atoms in total. The molecular weight excluding hydrogens is 290 g/mol. The van der Waals surface area contributed by atoms with E-state index in [0.717, 1.165) is 15.8 Å². The van der Waals surface area contributed by atoms with Crippen LogP contribution < -0.4 is 5.73 Å². The number of aromatic nitrogens is 2. The molecule has 1 heterocycles. The van der Waals surface area contributed by atoms with Crippen molar-refractivity contribution < 1.29 is 4.52 Å². The number of rotatable bonds is 3. The van der Waals surface area contributed by atoms with Gasteiger partial charge in [-0.25, -0.2) is 0 Å². The molecule has 2 rings (SSSR count). The van der Waals surface area contributed by atoms with Crippen LogP contribution in [0.2, 0.25) is 0 Å². The molecule has 84 valence electrons. The van der Waals surface area contributed by atoms with E-state index in [4.69, 9.17) is 10.3 Å². The van der Waals surface area contributed by atoms with Crippen molar-refractivity contribution in [3.05, 3.63) is 28.5 Å². The smallest absolute Gasteiger partial charge is 0.257 e. The average molecular weight is 300 g/mol. The molecule has 6 heteroatoms. The van der Waals surface area contributed by atoms with Crippen molar-refractivity contribution in [3.8, 4) is 11.5 Å². The van der Waals surface area contributed by atoms with E-state index >= 15 is 0 Å². The summed E-state index contributed by atoms with van der Waals surface area (Å²) in [6.45, 7) is 0. The Hall–Kier alpha value is -1.01. The van der Waals surface area contributed by atoms with Gasteiger partial charge in [0.2, 0.25) is 0 Å². The SMILES string of the molecule is CSCc1noc(-c2ccc(N)c(Br)c2)n1. The highest BCUT2D eigenvalue weighted by Gasteiger charge is 2.09. The Labute approximate surface area is 106 Å². The molecule has 0 radical (unpaired) electrons. The summed E-state index contributed by atoms with van der Waals surface area (Å²) in [5.41, 5.74) is 7.25. The van der Waals surface area contributed by atoms with Crippen molar-refractivity contribution in [2.24, 2.45) is 0 Å². The molecule has 0 spiro atoms. The van der Waals surface area contributed by atoms with Crippen LogP contribution in [0.15, 0.2) is 27.2 Å². The Morgan fingerprint density at radius 2 is 2.31 bits per heavy atom. The van der Waals surface area contributed by atoms with Crippen molar-refractivity contribution in [1.29, 1.82) is 0 Å². The number of hydrogen-bond acceptors (Lipinski definition) is 5. The Balaban J connectivity index is 2.31. The van der Waals surface area contributed by atoms with Gasteiger partial charge in [0, 0.05) is 15.7 Å². The van der Waals surface area contributed by atoms with Crippen molar-refractivity contribution in [2.45, 2.75) is 5.75 Å². The third kappa shape index (κ3) is 2.38. The van der Waals surface area contributed by atoms with Crippen LogP contribution in [0.4, 0.5) is 5.69 Å². The molecule has 0 aliphatic rings. The van der Waals surface area contributed by atoms with Crippen LogP contribution in [-0.4, -0.2) is 16.4 Å². The lowest BCUT2D eigenvalue weighted by Gasteiger charge is -1.98. The molecule has 1 aromatic heterocycles. The Morgan fingerprint density at radius 1 is 1.50 bits per heavy atom. The summed E-state index contributed by atoms with van der Waals surface area (Å²) in [6, 6.07) is 5.53. The molecule has 1 aromatic carbocycles. The second-order valence-electron chi connectivity index (χ2n) is 3.19. The number of nitrogen functional groups attached to an aromatic ring is 1. The van der Waals surface area contributed by atoms with E-state index in [2.05, 4.69) is 26.1 Å². The van der Waals surface area contributed by atoms with Gasteiger partial charge < -0.3 is 10.3 Å². The summed E-state index contributed by atoms with van der Waals surface area (Å²) in [4.78, 5) is 4.28. The second kappa shape index (κ2) is 4.88. The fourth-order valence-corrected chi connectivity index (χ4v) is 1.97. The molecule has 0 bridgehead atoms. The van der Waals surface area contributed by atoms with Gasteiger partial charge in [0.15, 0.2) is 5.82 Å². The highest BCUT2D eigenvalue weighted by Crippen LogP contribution is 2.26. The van der Waals surface area contributed by atoms with Crippen molar-refractivity contribution in [1.82, 2.24) is 10.1 Å². The van der Waals surface area contributed by atoms with Gasteiger partial charge in [-0.2, -0.15) is 16.7 Å². The zero-order chi connectivity index (χ0) is 11.5. The highest BCUT2D eigenvalue weighted by atomic mass is 79.9. The van der Waals surface area contributed by atoms with E-state index in [9.17, 15) is 0 Å². The van der Waals surface area contributed by atoms with Gasteiger partial charge in [0.25, 0.3) is 5.89 Å². The molecule has 0 atom stereocenters. The van der Waals surface area contributed by atoms with Gasteiger partial charge in [-0.1, -0.05) is 5.16 Å². The molecule has 2 aromatic rings. The standard InChI is InChI=1S/C10H10BrN3OS/c1-16-5-9-13-10(15-14-9)6-2-3-8(12)7(11)4-6/h2-4H,5,12H2,1H3. The van der Waals surface area contributed by atoms with E-state index in [1.54, 1.807) is 17.8 Å². The van der Waals surface area contributed by atoms with Crippen LogP contribution in [0, 0.1) is 0 Å². The van der Waals surface area contributed by atoms with Crippen LogP contribution in [0.5, 0.6) is 0 Å². The van der Waals surface area contributed by atoms with Crippen molar-refractivity contribution in [3.63, 3.8) is 0 Å². The third-order valence-electron chi connectivity index (χ3n) is 1.99. The highest BCUT2D eigenvalue weighted by molar-refractivity contribution is 9.10. The van der Waals surface area contributed by atoms with E-state index in [0.29, 0.717) is 17.4 Å². The molecule has 0 aliphatic carbocycles. The Bertz CT molecular complexity index is 501. The van der Waals surface area contributed by atoms with Crippen LogP contribution in [0.1, 0.15) is 5.82 Å². The lowest BCUT2D eigenvalue weighted by molar-refractivity contribution is 0.425. The minimum absolute atomic E-state index is 0.518. The second-order valence-corrected chi connectivity index (χ2v) is 4.91. The summed E-state index contributed by atoms with van der Waals surface area (Å²) in [7, 11) is 0. The van der Waals surface area contributed by atoms with Crippen LogP contribution in [-0.2, 0) is 5.75 Å². The molecule has 2 N–H and O–H groups in total. The summed E-state index contributed by atoms with van der Waals surface area (Å²) in [5, 5.41) is 3.88. The van der Waals surface area contributed by atoms with E-state index in [1.807, 2.05) is 18.4 Å². The number of nitrogens with zero attached hydrogens (tertiary/aromatic N) is 2. The number of thioether (sulfide) groups is 1. The first-order chi connectivity index (χ1) is 7.70. The van der Waals surface area contributed by atoms with Crippen LogP contribution in [0.25, 0.3) is 11.5 Å². The van der Waals surface area contributed by atoms with Gasteiger partial charge >= 0.3 is 0 Å². The number of benzene rings is 1. The van der Waals surface area contributed by atoms with E-state index in [-0.39, 0.29) is 0 Å². The molecule has 16 heavy (non-hydrogen) atoms. The third-order valence-corrected chi connectivity index (χ3v) is 3.22. The summed E-state index contributed by atoms with van der Waals surface area (Å²) < 4.78 is 5.99. The zero-order valence-electron chi connectivity index (χ0n) is 8.61. The van der Waals surface area contributed by atoms with Gasteiger partial charge in [0.1, 0.15) is 0 Å². The monoisotopic (exact) mass is 299 g/mol. The predicted molar refractivity (Wildman–Crippen MR) is 69.1 cm³/mol. The van der Waals surface area contributed by atoms with Gasteiger partial charge in [-0.15, -0.1) is 0 Å². The van der Waals surface area contributed by atoms with Crippen LogP contribution in [0.3, 0.4) is 0 Å². The lowest BCUT2D eigenvalue weighted by Crippen LogP contribution is -1.87. The normalized spacial score (nSPS) is 10.6. The van der Waals surface area contributed by atoms with Crippen molar-refractivity contribution >= 4 is 33.4 Å². The maximum absolute atomic E-state index is 5.70.